The smallest absolute Gasteiger partial charge is 0.279 e. The second kappa shape index (κ2) is 8.80. The molecule has 3 aromatic rings. The van der Waals surface area contributed by atoms with Crippen molar-refractivity contribution in [3.63, 3.8) is 0 Å². The molecule has 0 spiro atoms. The summed E-state index contributed by atoms with van der Waals surface area (Å²) in [6.07, 6.45) is 0. The van der Waals surface area contributed by atoms with Crippen LogP contribution < -0.4 is 10.2 Å². The van der Waals surface area contributed by atoms with Gasteiger partial charge in [-0.15, -0.1) is 0 Å². The number of likely N-dealkylation sites (N-methyl/N-ethyl adjacent to an activating group) is 1. The summed E-state index contributed by atoms with van der Waals surface area (Å²) < 4.78 is 13.2. The van der Waals surface area contributed by atoms with E-state index < -0.39 is 5.82 Å². The van der Waals surface area contributed by atoms with Gasteiger partial charge >= 0.3 is 0 Å². The van der Waals surface area contributed by atoms with Crippen molar-refractivity contribution in [3.05, 3.63) is 101 Å². The molecule has 3 rings (SSSR count). The predicted octanol–water partition coefficient (Wildman–Crippen LogP) is 3.72. The zero-order valence-corrected chi connectivity index (χ0v) is 15.7. The van der Waals surface area contributed by atoms with E-state index >= 15 is 0 Å². The van der Waals surface area contributed by atoms with Crippen LogP contribution in [0.5, 0.6) is 0 Å². The van der Waals surface area contributed by atoms with Gasteiger partial charge in [-0.2, -0.15) is 0 Å². The van der Waals surface area contributed by atoms with Crippen molar-refractivity contribution in [2.24, 2.45) is 0 Å². The molecule has 0 bridgehead atoms. The highest BCUT2D eigenvalue weighted by atomic mass is 35.5. The molecule has 3 aromatic carbocycles. The van der Waals surface area contributed by atoms with Gasteiger partial charge in [-0.05, 0) is 18.2 Å². The molecule has 1 atom stereocenters. The normalized spacial score (nSPS) is 12.0. The third-order valence-electron chi connectivity index (χ3n) is 4.40. The van der Waals surface area contributed by atoms with Gasteiger partial charge in [0.05, 0.1) is 17.8 Å². The number of benzene rings is 3. The van der Waals surface area contributed by atoms with Crippen molar-refractivity contribution in [3.8, 4) is 0 Å². The number of carbonyl (C=O) groups excluding carboxylic acids is 1. The Bertz CT molecular complexity index is 863. The number of rotatable bonds is 6. The van der Waals surface area contributed by atoms with E-state index in [0.717, 1.165) is 16.0 Å². The molecule has 0 aromatic heterocycles. The molecule has 0 saturated heterocycles. The van der Waals surface area contributed by atoms with E-state index in [2.05, 4.69) is 29.6 Å². The topological polar surface area (TPSA) is 33.5 Å². The fraction of sp³-hybridized carbons (Fsp3) is 0.136. The first-order chi connectivity index (χ1) is 13.0. The predicted molar refractivity (Wildman–Crippen MR) is 107 cm³/mol. The summed E-state index contributed by atoms with van der Waals surface area (Å²) >= 11 is 6.00. The van der Waals surface area contributed by atoms with Gasteiger partial charge in [-0.1, -0.05) is 72.3 Å². The second-order valence-electron chi connectivity index (χ2n) is 6.45. The highest BCUT2D eigenvalue weighted by molar-refractivity contribution is 6.33. The van der Waals surface area contributed by atoms with Gasteiger partial charge in [0.15, 0.2) is 6.54 Å². The maximum absolute atomic E-state index is 13.2. The van der Waals surface area contributed by atoms with Crippen LogP contribution >= 0.6 is 11.6 Å². The number of amides is 1. The summed E-state index contributed by atoms with van der Waals surface area (Å²) in [5.74, 6) is -0.619. The third kappa shape index (κ3) is 4.94. The molecule has 0 saturated carbocycles. The first-order valence-electron chi connectivity index (χ1n) is 8.71. The number of quaternary nitrogens is 1. The molecular weight excluding hydrogens is 363 g/mol. The number of hydrogen-bond donors (Lipinski definition) is 2. The first-order valence-corrected chi connectivity index (χ1v) is 9.09. The van der Waals surface area contributed by atoms with Crippen molar-refractivity contribution in [2.45, 2.75) is 6.04 Å². The Labute approximate surface area is 163 Å². The minimum Gasteiger partial charge on any atom is -0.320 e. The largest absolute Gasteiger partial charge is 0.320 e. The number of nitrogens with one attached hydrogen (secondary N) is 2. The lowest BCUT2D eigenvalue weighted by Crippen LogP contribution is -3.10. The Morgan fingerprint density at radius 2 is 1.56 bits per heavy atom. The van der Waals surface area contributed by atoms with Gasteiger partial charge in [-0.25, -0.2) is 4.39 Å². The van der Waals surface area contributed by atoms with Gasteiger partial charge in [-0.3, -0.25) is 4.79 Å². The highest BCUT2D eigenvalue weighted by Gasteiger charge is 2.25. The van der Waals surface area contributed by atoms with Crippen LogP contribution in [0.4, 0.5) is 10.1 Å². The second-order valence-corrected chi connectivity index (χ2v) is 6.86. The number of anilines is 1. The minimum absolute atomic E-state index is 0.0156. The van der Waals surface area contributed by atoms with E-state index in [9.17, 15) is 9.18 Å². The Morgan fingerprint density at radius 3 is 2.07 bits per heavy atom. The maximum atomic E-state index is 13.2. The fourth-order valence-electron chi connectivity index (χ4n) is 3.19. The van der Waals surface area contributed by atoms with Crippen LogP contribution in [0.25, 0.3) is 0 Å². The van der Waals surface area contributed by atoms with E-state index in [0.29, 0.717) is 5.69 Å². The summed E-state index contributed by atoms with van der Waals surface area (Å²) in [7, 11) is 1.98. The lowest BCUT2D eigenvalue weighted by atomic mass is 9.97. The quantitative estimate of drug-likeness (QED) is 0.668. The van der Waals surface area contributed by atoms with E-state index in [1.165, 1.54) is 18.2 Å². The molecule has 5 heteroatoms. The zero-order chi connectivity index (χ0) is 19.2. The van der Waals surface area contributed by atoms with E-state index in [1.807, 2.05) is 43.4 Å². The summed E-state index contributed by atoms with van der Waals surface area (Å²) in [4.78, 5) is 13.6. The highest BCUT2D eigenvalue weighted by Crippen LogP contribution is 2.22. The van der Waals surface area contributed by atoms with Crippen molar-refractivity contribution in [2.75, 3.05) is 18.9 Å². The Morgan fingerprint density at radius 1 is 1.00 bits per heavy atom. The molecule has 2 N–H and O–H groups in total. The standard InChI is InChI=1S/C22H20ClFN2O/c1-26(15-21(27)25-20-13-12-18(24)14-19(20)23)22(16-8-4-2-5-9-16)17-10-6-3-7-11-17/h2-14,22H,15H2,1H3,(H,25,27)/p+1. The monoisotopic (exact) mass is 383 g/mol. The molecule has 0 aliphatic heterocycles. The Kier molecular flexibility index (Phi) is 6.22. The van der Waals surface area contributed by atoms with Crippen molar-refractivity contribution in [1.82, 2.24) is 0 Å². The number of halogens is 2. The fourth-order valence-corrected chi connectivity index (χ4v) is 3.41. The molecule has 1 unspecified atom stereocenters. The molecule has 3 nitrogen and oxygen atoms in total. The summed E-state index contributed by atoms with van der Waals surface area (Å²) in [6, 6.07) is 24.1. The summed E-state index contributed by atoms with van der Waals surface area (Å²) in [6.45, 7) is 0.238. The van der Waals surface area contributed by atoms with Crippen LogP contribution in [0.2, 0.25) is 5.02 Å². The number of carbonyl (C=O) groups is 1. The van der Waals surface area contributed by atoms with Crippen LogP contribution in [-0.4, -0.2) is 19.5 Å². The van der Waals surface area contributed by atoms with E-state index in [-0.39, 0.29) is 23.5 Å². The van der Waals surface area contributed by atoms with Gasteiger partial charge in [0.1, 0.15) is 11.9 Å². The van der Waals surface area contributed by atoms with Crippen molar-refractivity contribution in [1.29, 1.82) is 0 Å². The van der Waals surface area contributed by atoms with E-state index in [1.54, 1.807) is 0 Å². The van der Waals surface area contributed by atoms with Gasteiger partial charge < -0.3 is 10.2 Å². The van der Waals surface area contributed by atoms with Crippen LogP contribution in [0.15, 0.2) is 78.9 Å². The Hall–Kier alpha value is -2.69. The zero-order valence-electron chi connectivity index (χ0n) is 15.0. The average molecular weight is 384 g/mol. The van der Waals surface area contributed by atoms with Crippen LogP contribution in [0.3, 0.4) is 0 Å². The van der Waals surface area contributed by atoms with Gasteiger partial charge in [0.2, 0.25) is 0 Å². The molecule has 1 amide bonds. The maximum Gasteiger partial charge on any atom is 0.279 e. The lowest BCUT2D eigenvalue weighted by Gasteiger charge is -2.25. The van der Waals surface area contributed by atoms with Gasteiger partial charge in [0.25, 0.3) is 5.91 Å². The molecule has 0 aliphatic rings. The molecule has 0 radical (unpaired) electrons. The third-order valence-corrected chi connectivity index (χ3v) is 4.72. The molecule has 138 valence electrons. The van der Waals surface area contributed by atoms with Crippen molar-refractivity contribution < 1.29 is 14.1 Å². The minimum atomic E-state index is -0.436. The van der Waals surface area contributed by atoms with E-state index in [4.69, 9.17) is 11.6 Å². The SMILES string of the molecule is C[NH+](CC(=O)Nc1ccc(F)cc1Cl)C(c1ccccc1)c1ccccc1. The lowest BCUT2D eigenvalue weighted by molar-refractivity contribution is -0.897. The molecular formula is C22H21ClFN2O+. The molecule has 0 aliphatic carbocycles. The first kappa shape index (κ1) is 19.1. The van der Waals surface area contributed by atoms with Crippen LogP contribution in [-0.2, 0) is 4.79 Å². The van der Waals surface area contributed by atoms with Gasteiger partial charge in [0, 0.05) is 11.1 Å². The number of hydrogen-bond acceptors (Lipinski definition) is 1. The van der Waals surface area contributed by atoms with Crippen molar-refractivity contribution >= 4 is 23.2 Å². The molecule has 0 heterocycles. The summed E-state index contributed by atoms with van der Waals surface area (Å²) in [5, 5.41) is 2.95. The average Bonchev–Trinajstić information content (AvgIpc) is 2.66. The Balaban J connectivity index is 1.78. The molecule has 0 fully saturated rings. The molecule has 27 heavy (non-hydrogen) atoms. The summed E-state index contributed by atoms with van der Waals surface area (Å²) in [5.41, 5.74) is 2.68. The van der Waals surface area contributed by atoms with Crippen LogP contribution in [0.1, 0.15) is 17.2 Å². The van der Waals surface area contributed by atoms with Crippen LogP contribution in [0, 0.1) is 5.82 Å².